The average Bonchev–Trinajstić information content (AvgIpc) is 2.81. The molecule has 6 heteroatoms. The molecule has 0 spiro atoms. The Kier molecular flexibility index (Phi) is 7.54. The van der Waals surface area contributed by atoms with Crippen molar-refractivity contribution in [3.63, 3.8) is 0 Å². The molecule has 33 heavy (non-hydrogen) atoms. The number of alkyl halides is 2. The number of piperazine rings is 1. The maximum atomic E-state index is 15.0. The van der Waals surface area contributed by atoms with Crippen molar-refractivity contribution >= 4 is 5.97 Å². The van der Waals surface area contributed by atoms with Crippen LogP contribution in [-0.2, 0) is 9.53 Å². The highest BCUT2D eigenvalue weighted by atomic mass is 19.3. The lowest BCUT2D eigenvalue weighted by molar-refractivity contribution is -0.195. The fourth-order valence-electron chi connectivity index (χ4n) is 5.60. The highest BCUT2D eigenvalue weighted by Gasteiger charge is 2.52. The molecule has 0 bridgehead atoms. The molecule has 1 heterocycles. The van der Waals surface area contributed by atoms with Crippen LogP contribution in [-0.4, -0.2) is 66.1 Å². The third kappa shape index (κ3) is 5.65. The van der Waals surface area contributed by atoms with Gasteiger partial charge in [-0.1, -0.05) is 35.9 Å². The summed E-state index contributed by atoms with van der Waals surface area (Å²) >= 11 is 0. The van der Waals surface area contributed by atoms with E-state index in [-0.39, 0.29) is 6.42 Å². The van der Waals surface area contributed by atoms with Crippen molar-refractivity contribution in [2.75, 3.05) is 26.2 Å². The Labute approximate surface area is 197 Å². The number of carbonyl (C=O) groups is 1. The van der Waals surface area contributed by atoms with Crippen LogP contribution in [0.5, 0.6) is 0 Å². The summed E-state index contributed by atoms with van der Waals surface area (Å²) in [5.41, 5.74) is 3.05. The normalized spacial score (nSPS) is 29.0. The van der Waals surface area contributed by atoms with Gasteiger partial charge in [0.05, 0.1) is 6.04 Å². The average molecular weight is 461 g/mol. The van der Waals surface area contributed by atoms with Crippen molar-refractivity contribution in [3.05, 3.63) is 47.0 Å². The molecule has 0 amide bonds. The Bertz CT molecular complexity index is 844. The maximum Gasteiger partial charge on any atom is 0.334 e. The largest absolute Gasteiger partial charge is 0.451 e. The molecule has 3 atom stereocenters. The smallest absolute Gasteiger partial charge is 0.334 e. The van der Waals surface area contributed by atoms with Gasteiger partial charge in [-0.05, 0) is 64.4 Å². The molecule has 4 rings (SSSR count). The summed E-state index contributed by atoms with van der Waals surface area (Å²) in [6.07, 6.45) is 3.63. The first-order valence-corrected chi connectivity index (χ1v) is 12.6. The fraction of sp³-hybridized carbons (Fsp3) is 0.667. The standard InChI is InChI=1S/C27H38F2N2O2/c1-19(2)30-15-17-31(18-16-30)24-5-4-14-27(28,29)25(24)33-26(32)23-12-10-22(11-13-23)21-8-6-20(3)7-9-21/h6-9,12,19,22,24-25H,4-5,10-11,13-18H2,1-3H3/t22?,24-,25?/m0/s1. The van der Waals surface area contributed by atoms with Crippen LogP contribution in [0.4, 0.5) is 8.78 Å². The van der Waals surface area contributed by atoms with Crippen LogP contribution < -0.4 is 0 Å². The Morgan fingerprint density at radius 3 is 2.39 bits per heavy atom. The molecule has 1 saturated heterocycles. The zero-order valence-corrected chi connectivity index (χ0v) is 20.2. The van der Waals surface area contributed by atoms with E-state index in [1.54, 1.807) is 0 Å². The van der Waals surface area contributed by atoms with E-state index in [1.165, 1.54) is 11.1 Å². The van der Waals surface area contributed by atoms with Gasteiger partial charge < -0.3 is 4.74 Å². The van der Waals surface area contributed by atoms with Crippen molar-refractivity contribution in [2.45, 2.75) is 89.3 Å². The van der Waals surface area contributed by atoms with Gasteiger partial charge in [-0.2, -0.15) is 0 Å². The molecule has 2 unspecified atom stereocenters. The molecule has 1 aliphatic heterocycles. The van der Waals surface area contributed by atoms with Gasteiger partial charge in [-0.15, -0.1) is 0 Å². The number of ether oxygens (including phenoxy) is 1. The van der Waals surface area contributed by atoms with E-state index in [2.05, 4.69) is 54.8 Å². The van der Waals surface area contributed by atoms with Crippen LogP contribution in [0.3, 0.4) is 0 Å². The van der Waals surface area contributed by atoms with Crippen LogP contribution in [0.15, 0.2) is 35.9 Å². The first-order valence-electron chi connectivity index (χ1n) is 12.6. The molecule has 0 N–H and O–H groups in total. The molecule has 0 radical (unpaired) electrons. The highest BCUT2D eigenvalue weighted by molar-refractivity contribution is 5.88. The quantitative estimate of drug-likeness (QED) is 0.557. The van der Waals surface area contributed by atoms with E-state index in [0.717, 1.165) is 39.0 Å². The van der Waals surface area contributed by atoms with Gasteiger partial charge in [0.1, 0.15) is 0 Å². The molecular formula is C27H38F2N2O2. The summed E-state index contributed by atoms with van der Waals surface area (Å²) in [4.78, 5) is 17.5. The number of esters is 1. The van der Waals surface area contributed by atoms with E-state index in [0.29, 0.717) is 36.8 Å². The van der Waals surface area contributed by atoms with E-state index >= 15 is 0 Å². The number of halogens is 2. The van der Waals surface area contributed by atoms with Crippen molar-refractivity contribution in [3.8, 4) is 0 Å². The summed E-state index contributed by atoms with van der Waals surface area (Å²) in [5, 5.41) is 0. The number of rotatable bonds is 5. The number of aryl methyl sites for hydroxylation is 1. The van der Waals surface area contributed by atoms with Crippen LogP contribution in [0.2, 0.25) is 0 Å². The van der Waals surface area contributed by atoms with Gasteiger partial charge in [0, 0.05) is 44.2 Å². The van der Waals surface area contributed by atoms with Crippen molar-refractivity contribution in [2.24, 2.45) is 0 Å². The Hall–Kier alpha value is -1.79. The van der Waals surface area contributed by atoms with E-state index in [1.807, 2.05) is 6.08 Å². The van der Waals surface area contributed by atoms with Gasteiger partial charge in [-0.25, -0.2) is 13.6 Å². The van der Waals surface area contributed by atoms with Gasteiger partial charge >= 0.3 is 5.97 Å². The second-order valence-electron chi connectivity index (χ2n) is 10.3. The van der Waals surface area contributed by atoms with Gasteiger partial charge in [-0.3, -0.25) is 9.80 Å². The third-order valence-corrected chi connectivity index (χ3v) is 7.78. The summed E-state index contributed by atoms with van der Waals surface area (Å²) in [6.45, 7) is 9.61. The highest BCUT2D eigenvalue weighted by Crippen LogP contribution is 2.40. The number of allylic oxidation sites excluding steroid dienone is 1. The molecule has 2 aliphatic carbocycles. The second kappa shape index (κ2) is 10.2. The van der Waals surface area contributed by atoms with Crippen LogP contribution in [0.25, 0.3) is 0 Å². The van der Waals surface area contributed by atoms with Crippen molar-refractivity contribution in [1.29, 1.82) is 0 Å². The molecule has 182 valence electrons. The first kappa shape index (κ1) is 24.3. The Morgan fingerprint density at radius 2 is 1.79 bits per heavy atom. The summed E-state index contributed by atoms with van der Waals surface area (Å²) < 4.78 is 35.6. The number of hydrogen-bond acceptors (Lipinski definition) is 4. The summed E-state index contributed by atoms with van der Waals surface area (Å²) in [7, 11) is 0. The van der Waals surface area contributed by atoms with Crippen LogP contribution in [0, 0.1) is 6.92 Å². The van der Waals surface area contributed by atoms with Crippen LogP contribution in [0.1, 0.15) is 69.4 Å². The molecule has 4 nitrogen and oxygen atoms in total. The zero-order valence-electron chi connectivity index (χ0n) is 20.2. The minimum absolute atomic E-state index is 0.206. The fourth-order valence-corrected chi connectivity index (χ4v) is 5.60. The number of nitrogens with zero attached hydrogens (tertiary/aromatic N) is 2. The lowest BCUT2D eigenvalue weighted by Gasteiger charge is -2.46. The van der Waals surface area contributed by atoms with E-state index < -0.39 is 24.0 Å². The molecular weight excluding hydrogens is 422 g/mol. The monoisotopic (exact) mass is 460 g/mol. The molecule has 0 aromatic heterocycles. The number of benzene rings is 1. The predicted octanol–water partition coefficient (Wildman–Crippen LogP) is 5.31. The zero-order chi connectivity index (χ0) is 23.6. The van der Waals surface area contributed by atoms with Crippen LogP contribution >= 0.6 is 0 Å². The second-order valence-corrected chi connectivity index (χ2v) is 10.3. The third-order valence-electron chi connectivity index (χ3n) is 7.78. The SMILES string of the molecule is Cc1ccc(C2CC=C(C(=O)OC3[C@@H](N4CCN(C(C)C)CC4)CCCC3(F)F)CC2)cc1. The van der Waals surface area contributed by atoms with E-state index in [4.69, 9.17) is 4.74 Å². The molecule has 1 aromatic rings. The molecule has 1 saturated carbocycles. The Balaban J connectivity index is 1.40. The van der Waals surface area contributed by atoms with Gasteiger partial charge in [0.25, 0.3) is 5.92 Å². The lowest BCUT2D eigenvalue weighted by Crippen LogP contribution is -2.60. The lowest BCUT2D eigenvalue weighted by atomic mass is 9.84. The number of hydrogen-bond donors (Lipinski definition) is 0. The predicted molar refractivity (Wildman–Crippen MR) is 127 cm³/mol. The number of carbonyl (C=O) groups excluding carboxylic acids is 1. The topological polar surface area (TPSA) is 32.8 Å². The minimum atomic E-state index is -2.98. The molecule has 3 aliphatic rings. The summed E-state index contributed by atoms with van der Waals surface area (Å²) in [5.74, 6) is -3.16. The minimum Gasteiger partial charge on any atom is -0.451 e. The molecule has 1 aromatic carbocycles. The van der Waals surface area contributed by atoms with Crippen molar-refractivity contribution in [1.82, 2.24) is 9.80 Å². The van der Waals surface area contributed by atoms with Crippen molar-refractivity contribution < 1.29 is 18.3 Å². The Morgan fingerprint density at radius 1 is 1.09 bits per heavy atom. The van der Waals surface area contributed by atoms with E-state index in [9.17, 15) is 13.6 Å². The molecule has 2 fully saturated rings. The first-order chi connectivity index (χ1) is 15.7. The van der Waals surface area contributed by atoms with Gasteiger partial charge in [0.15, 0.2) is 6.10 Å². The van der Waals surface area contributed by atoms with Gasteiger partial charge in [0.2, 0.25) is 0 Å². The maximum absolute atomic E-state index is 15.0. The summed E-state index contributed by atoms with van der Waals surface area (Å²) in [6, 6.07) is 8.55.